The van der Waals surface area contributed by atoms with Crippen LogP contribution in [0.1, 0.15) is 0 Å². The lowest BCUT2D eigenvalue weighted by molar-refractivity contribution is 0.489. The molecule has 0 saturated carbocycles. The number of para-hydroxylation sites is 1. The monoisotopic (exact) mass is 243 g/mol. The third-order valence-corrected chi connectivity index (χ3v) is 3.06. The maximum Gasteiger partial charge on any atom is 0.263 e. The summed E-state index contributed by atoms with van der Waals surface area (Å²) >= 11 is 1.38. The Morgan fingerprint density at radius 3 is 2.82 bits per heavy atom. The molecule has 0 spiro atoms. The molecule has 0 atom stereocenters. The predicted molar refractivity (Wildman–Crippen MR) is 66.8 cm³/mol. The van der Waals surface area contributed by atoms with E-state index in [0.717, 1.165) is 5.03 Å². The van der Waals surface area contributed by atoms with E-state index in [-0.39, 0.29) is 0 Å². The van der Waals surface area contributed by atoms with Crippen molar-refractivity contribution in [2.75, 3.05) is 5.73 Å². The van der Waals surface area contributed by atoms with Gasteiger partial charge in [-0.05, 0) is 36.0 Å². The fourth-order valence-electron chi connectivity index (χ4n) is 1.49. The van der Waals surface area contributed by atoms with Crippen molar-refractivity contribution >= 4 is 28.5 Å². The van der Waals surface area contributed by atoms with Gasteiger partial charge in [-0.25, -0.2) is 9.97 Å². The molecule has 0 fully saturated rings. The van der Waals surface area contributed by atoms with Gasteiger partial charge in [0.25, 0.3) is 5.22 Å². The van der Waals surface area contributed by atoms with Crippen molar-refractivity contribution in [1.29, 1.82) is 0 Å². The van der Waals surface area contributed by atoms with Gasteiger partial charge in [0.1, 0.15) is 10.5 Å². The number of nitrogens with zero attached hydrogens (tertiary/aromatic N) is 2. The van der Waals surface area contributed by atoms with Gasteiger partial charge in [0.05, 0.1) is 5.69 Å². The lowest BCUT2D eigenvalue weighted by Gasteiger charge is -1.92. The van der Waals surface area contributed by atoms with Crippen LogP contribution in [-0.4, -0.2) is 9.97 Å². The summed E-state index contributed by atoms with van der Waals surface area (Å²) in [6, 6.07) is 11.2. The van der Waals surface area contributed by atoms with Crippen molar-refractivity contribution in [3.8, 4) is 0 Å². The number of nitrogens with two attached hydrogens (primary N) is 1. The Morgan fingerprint density at radius 2 is 2.06 bits per heavy atom. The summed E-state index contributed by atoms with van der Waals surface area (Å²) in [5.41, 5.74) is 7.84. The van der Waals surface area contributed by atoms with Crippen molar-refractivity contribution in [3.63, 3.8) is 0 Å². The van der Waals surface area contributed by atoms with E-state index in [0.29, 0.717) is 22.0 Å². The summed E-state index contributed by atoms with van der Waals surface area (Å²) in [4.78, 5) is 8.54. The molecule has 0 bridgehead atoms. The normalized spacial score (nSPS) is 10.8. The SMILES string of the molecule is Nc1cccc2oc(Sc3ccccn3)nc12. The van der Waals surface area contributed by atoms with Crippen molar-refractivity contribution < 1.29 is 4.42 Å². The molecule has 2 aromatic heterocycles. The molecule has 2 N–H and O–H groups in total. The van der Waals surface area contributed by atoms with Crippen LogP contribution >= 0.6 is 11.8 Å². The van der Waals surface area contributed by atoms with E-state index in [1.54, 1.807) is 12.3 Å². The highest BCUT2D eigenvalue weighted by atomic mass is 32.2. The number of hydrogen-bond donors (Lipinski definition) is 1. The first-order valence-electron chi connectivity index (χ1n) is 5.07. The zero-order valence-electron chi connectivity index (χ0n) is 8.83. The van der Waals surface area contributed by atoms with Gasteiger partial charge in [-0.15, -0.1) is 0 Å². The number of pyridine rings is 1. The number of fused-ring (bicyclic) bond motifs is 1. The van der Waals surface area contributed by atoms with Crippen molar-refractivity contribution in [1.82, 2.24) is 9.97 Å². The maximum atomic E-state index is 5.82. The summed E-state index contributed by atoms with van der Waals surface area (Å²) in [5.74, 6) is 0. The molecule has 0 aliphatic heterocycles. The second-order valence-electron chi connectivity index (χ2n) is 3.44. The van der Waals surface area contributed by atoms with Gasteiger partial charge >= 0.3 is 0 Å². The molecular weight excluding hydrogens is 234 g/mol. The lowest BCUT2D eigenvalue weighted by atomic mass is 10.3. The molecule has 0 aliphatic carbocycles. The van der Waals surface area contributed by atoms with Crippen LogP contribution in [0.15, 0.2) is 57.3 Å². The third-order valence-electron chi connectivity index (χ3n) is 2.26. The van der Waals surface area contributed by atoms with Gasteiger partial charge < -0.3 is 10.2 Å². The Balaban J connectivity index is 1.99. The first-order chi connectivity index (χ1) is 8.33. The molecule has 3 rings (SSSR count). The van der Waals surface area contributed by atoms with Gasteiger partial charge in [0, 0.05) is 6.20 Å². The summed E-state index contributed by atoms with van der Waals surface area (Å²) in [6.07, 6.45) is 1.74. The number of rotatable bonds is 2. The molecule has 4 nitrogen and oxygen atoms in total. The number of hydrogen-bond acceptors (Lipinski definition) is 5. The van der Waals surface area contributed by atoms with Crippen molar-refractivity contribution in [3.05, 3.63) is 42.6 Å². The van der Waals surface area contributed by atoms with Gasteiger partial charge in [-0.2, -0.15) is 0 Å². The van der Waals surface area contributed by atoms with E-state index in [1.807, 2.05) is 30.3 Å². The first-order valence-corrected chi connectivity index (χ1v) is 5.88. The molecule has 0 unspecified atom stereocenters. The number of nitrogen functional groups attached to an aromatic ring is 1. The van der Waals surface area contributed by atoms with Crippen molar-refractivity contribution in [2.24, 2.45) is 0 Å². The minimum Gasteiger partial charge on any atom is -0.431 e. The fourth-order valence-corrected chi connectivity index (χ4v) is 2.20. The first kappa shape index (κ1) is 10.2. The Bertz CT molecular complexity index is 651. The van der Waals surface area contributed by atoms with Gasteiger partial charge in [-0.1, -0.05) is 12.1 Å². The standard InChI is InChI=1S/C12H9N3OS/c13-8-4-3-5-9-11(8)15-12(16-9)17-10-6-1-2-7-14-10/h1-7H,13H2. The van der Waals surface area contributed by atoms with Crippen LogP contribution in [0.2, 0.25) is 0 Å². The summed E-state index contributed by atoms with van der Waals surface area (Å²) in [5, 5.41) is 1.40. The van der Waals surface area contributed by atoms with Crippen LogP contribution in [0.4, 0.5) is 5.69 Å². The molecule has 5 heteroatoms. The smallest absolute Gasteiger partial charge is 0.263 e. The van der Waals surface area contributed by atoms with Crippen LogP contribution in [-0.2, 0) is 0 Å². The van der Waals surface area contributed by atoms with E-state index in [4.69, 9.17) is 10.2 Å². The topological polar surface area (TPSA) is 64.9 Å². The van der Waals surface area contributed by atoms with Crippen LogP contribution in [0, 0.1) is 0 Å². The minimum absolute atomic E-state index is 0.552. The Hall–Kier alpha value is -2.01. The molecule has 3 aromatic rings. The second-order valence-corrected chi connectivity index (χ2v) is 4.42. The maximum absolute atomic E-state index is 5.82. The predicted octanol–water partition coefficient (Wildman–Crippen LogP) is 2.96. The molecular formula is C12H9N3OS. The number of benzene rings is 1. The van der Waals surface area contributed by atoms with Crippen LogP contribution in [0.25, 0.3) is 11.1 Å². The summed E-state index contributed by atoms with van der Waals surface area (Å²) in [6.45, 7) is 0. The van der Waals surface area contributed by atoms with Crippen LogP contribution < -0.4 is 5.73 Å². The summed E-state index contributed by atoms with van der Waals surface area (Å²) in [7, 11) is 0. The average Bonchev–Trinajstić information content (AvgIpc) is 2.74. The highest BCUT2D eigenvalue weighted by molar-refractivity contribution is 7.99. The highest BCUT2D eigenvalue weighted by Gasteiger charge is 2.09. The van der Waals surface area contributed by atoms with Gasteiger partial charge in [-0.3, -0.25) is 0 Å². The van der Waals surface area contributed by atoms with E-state index in [1.165, 1.54) is 11.8 Å². The van der Waals surface area contributed by atoms with Crippen molar-refractivity contribution in [2.45, 2.75) is 10.2 Å². The Kier molecular flexibility index (Phi) is 2.45. The van der Waals surface area contributed by atoms with Crippen LogP contribution in [0.3, 0.4) is 0 Å². The number of aromatic nitrogens is 2. The lowest BCUT2D eigenvalue weighted by Crippen LogP contribution is -1.84. The largest absolute Gasteiger partial charge is 0.431 e. The molecule has 0 aliphatic rings. The molecule has 84 valence electrons. The molecule has 2 heterocycles. The fraction of sp³-hybridized carbons (Fsp3) is 0. The molecule has 0 amide bonds. The average molecular weight is 243 g/mol. The van der Waals surface area contributed by atoms with E-state index < -0.39 is 0 Å². The Morgan fingerprint density at radius 1 is 1.12 bits per heavy atom. The zero-order valence-corrected chi connectivity index (χ0v) is 9.65. The summed E-state index contributed by atoms with van der Waals surface area (Å²) < 4.78 is 5.58. The quantitative estimate of drug-likeness (QED) is 0.701. The van der Waals surface area contributed by atoms with Crippen LogP contribution in [0.5, 0.6) is 0 Å². The third kappa shape index (κ3) is 1.97. The molecule has 0 saturated heterocycles. The highest BCUT2D eigenvalue weighted by Crippen LogP contribution is 2.30. The second kappa shape index (κ2) is 4.10. The zero-order chi connectivity index (χ0) is 11.7. The Labute approximate surface area is 102 Å². The van der Waals surface area contributed by atoms with E-state index >= 15 is 0 Å². The number of oxazole rings is 1. The van der Waals surface area contributed by atoms with Gasteiger partial charge in [0.2, 0.25) is 0 Å². The molecule has 0 radical (unpaired) electrons. The molecule has 17 heavy (non-hydrogen) atoms. The van der Waals surface area contributed by atoms with E-state index in [9.17, 15) is 0 Å². The number of anilines is 1. The van der Waals surface area contributed by atoms with Gasteiger partial charge in [0.15, 0.2) is 5.58 Å². The minimum atomic E-state index is 0.552. The molecule has 1 aromatic carbocycles. The van der Waals surface area contributed by atoms with E-state index in [2.05, 4.69) is 9.97 Å².